The van der Waals surface area contributed by atoms with Gasteiger partial charge in [0.15, 0.2) is 0 Å². The molecule has 0 aromatic heterocycles. The molecule has 0 atom stereocenters. The SMILES string of the molecule is CCCC(CCC)Nc1ccc(NC(=O)OC(C)(C)C)cc1. The van der Waals surface area contributed by atoms with E-state index in [2.05, 4.69) is 24.5 Å². The van der Waals surface area contributed by atoms with Crippen LogP contribution in [0.25, 0.3) is 0 Å². The van der Waals surface area contributed by atoms with Gasteiger partial charge in [-0.25, -0.2) is 4.79 Å². The van der Waals surface area contributed by atoms with E-state index >= 15 is 0 Å². The van der Waals surface area contributed by atoms with Crippen molar-refractivity contribution in [1.29, 1.82) is 0 Å². The molecule has 2 N–H and O–H groups in total. The van der Waals surface area contributed by atoms with Crippen LogP contribution in [0.1, 0.15) is 60.3 Å². The highest BCUT2D eigenvalue weighted by molar-refractivity contribution is 5.85. The lowest BCUT2D eigenvalue weighted by molar-refractivity contribution is 0.0636. The van der Waals surface area contributed by atoms with Gasteiger partial charge in [-0.2, -0.15) is 0 Å². The van der Waals surface area contributed by atoms with E-state index in [0.717, 1.165) is 11.4 Å². The third kappa shape index (κ3) is 7.34. The second-order valence-electron chi connectivity index (χ2n) is 6.62. The summed E-state index contributed by atoms with van der Waals surface area (Å²) in [5, 5.41) is 6.30. The van der Waals surface area contributed by atoms with Crippen LogP contribution in [0.15, 0.2) is 24.3 Å². The van der Waals surface area contributed by atoms with E-state index in [1.807, 2.05) is 45.0 Å². The second-order valence-corrected chi connectivity index (χ2v) is 6.62. The molecule has 4 heteroatoms. The van der Waals surface area contributed by atoms with Crippen molar-refractivity contribution in [2.75, 3.05) is 10.6 Å². The van der Waals surface area contributed by atoms with Crippen molar-refractivity contribution in [2.24, 2.45) is 0 Å². The normalized spacial score (nSPS) is 11.4. The first kappa shape index (κ1) is 18.3. The standard InChI is InChI=1S/C18H30N2O2/c1-6-8-14(9-7-2)19-15-10-12-16(13-11-15)20-17(21)22-18(3,4)5/h10-14,19H,6-9H2,1-5H3,(H,20,21). The number of carbonyl (C=O) groups excluding carboxylic acids is 1. The number of hydrogen-bond acceptors (Lipinski definition) is 3. The third-order valence-electron chi connectivity index (χ3n) is 3.18. The van der Waals surface area contributed by atoms with Crippen molar-refractivity contribution in [3.8, 4) is 0 Å². The summed E-state index contributed by atoms with van der Waals surface area (Å²) in [5.74, 6) is 0. The highest BCUT2D eigenvalue weighted by Gasteiger charge is 2.16. The second kappa shape index (κ2) is 8.66. The Morgan fingerprint density at radius 3 is 2.00 bits per heavy atom. The Labute approximate surface area is 134 Å². The minimum Gasteiger partial charge on any atom is -0.444 e. The van der Waals surface area contributed by atoms with Gasteiger partial charge in [-0.05, 0) is 57.9 Å². The first-order valence-electron chi connectivity index (χ1n) is 8.20. The molecule has 0 saturated carbocycles. The van der Waals surface area contributed by atoms with E-state index in [9.17, 15) is 4.79 Å². The fourth-order valence-electron chi connectivity index (χ4n) is 2.29. The zero-order valence-corrected chi connectivity index (χ0v) is 14.5. The van der Waals surface area contributed by atoms with Gasteiger partial charge in [0.2, 0.25) is 0 Å². The maximum absolute atomic E-state index is 11.7. The summed E-state index contributed by atoms with van der Waals surface area (Å²) in [6.07, 6.45) is 4.27. The van der Waals surface area contributed by atoms with Crippen LogP contribution in [0.4, 0.5) is 16.2 Å². The molecule has 0 aliphatic rings. The maximum atomic E-state index is 11.7. The summed E-state index contributed by atoms with van der Waals surface area (Å²) >= 11 is 0. The molecule has 0 spiro atoms. The van der Waals surface area contributed by atoms with Gasteiger partial charge in [-0.3, -0.25) is 5.32 Å². The van der Waals surface area contributed by atoms with Gasteiger partial charge in [-0.15, -0.1) is 0 Å². The highest BCUT2D eigenvalue weighted by Crippen LogP contribution is 2.18. The van der Waals surface area contributed by atoms with Gasteiger partial charge in [0.25, 0.3) is 0 Å². The van der Waals surface area contributed by atoms with Gasteiger partial charge in [0.1, 0.15) is 5.60 Å². The zero-order chi connectivity index (χ0) is 16.6. The van der Waals surface area contributed by atoms with Crippen molar-refractivity contribution >= 4 is 17.5 Å². The molecule has 1 rings (SSSR count). The van der Waals surface area contributed by atoms with Crippen LogP contribution in [0, 0.1) is 0 Å². The monoisotopic (exact) mass is 306 g/mol. The number of rotatable bonds is 7. The molecule has 0 bridgehead atoms. The fourth-order valence-corrected chi connectivity index (χ4v) is 2.29. The Hall–Kier alpha value is -1.71. The Bertz CT molecular complexity index is 443. The van der Waals surface area contributed by atoms with E-state index in [4.69, 9.17) is 4.74 Å². The Kier molecular flexibility index (Phi) is 7.22. The molecule has 0 radical (unpaired) electrons. The molecule has 1 aromatic rings. The van der Waals surface area contributed by atoms with Crippen molar-refractivity contribution in [2.45, 2.75) is 71.9 Å². The minimum atomic E-state index is -0.487. The summed E-state index contributed by atoms with van der Waals surface area (Å²) in [6.45, 7) is 9.96. The van der Waals surface area contributed by atoms with Crippen LogP contribution >= 0.6 is 0 Å². The number of amides is 1. The predicted molar refractivity (Wildman–Crippen MR) is 93.5 cm³/mol. The molecule has 0 saturated heterocycles. The van der Waals surface area contributed by atoms with E-state index in [-0.39, 0.29) is 0 Å². The van der Waals surface area contributed by atoms with Gasteiger partial charge < -0.3 is 10.1 Å². The van der Waals surface area contributed by atoms with Crippen molar-refractivity contribution in [3.63, 3.8) is 0 Å². The Morgan fingerprint density at radius 1 is 1.05 bits per heavy atom. The number of hydrogen-bond donors (Lipinski definition) is 2. The summed E-state index contributed by atoms with van der Waals surface area (Å²) in [6, 6.07) is 8.28. The molecule has 0 unspecified atom stereocenters. The molecular weight excluding hydrogens is 276 g/mol. The number of nitrogens with one attached hydrogen (secondary N) is 2. The Morgan fingerprint density at radius 2 is 1.55 bits per heavy atom. The number of anilines is 2. The molecule has 0 fully saturated rings. The molecule has 22 heavy (non-hydrogen) atoms. The van der Waals surface area contributed by atoms with E-state index < -0.39 is 11.7 Å². The van der Waals surface area contributed by atoms with Gasteiger partial charge in [0, 0.05) is 17.4 Å². The first-order chi connectivity index (χ1) is 10.3. The Balaban J connectivity index is 2.57. The minimum absolute atomic E-state index is 0.428. The summed E-state index contributed by atoms with van der Waals surface area (Å²) < 4.78 is 5.23. The average molecular weight is 306 g/mol. The molecule has 124 valence electrons. The predicted octanol–water partition coefficient (Wildman–Crippen LogP) is 5.41. The number of ether oxygens (including phenoxy) is 1. The number of benzene rings is 1. The molecule has 4 nitrogen and oxygen atoms in total. The van der Waals surface area contributed by atoms with Gasteiger partial charge >= 0.3 is 6.09 Å². The van der Waals surface area contributed by atoms with E-state index in [1.54, 1.807) is 0 Å². The summed E-state index contributed by atoms with van der Waals surface area (Å²) in [5.41, 5.74) is 1.34. The van der Waals surface area contributed by atoms with Gasteiger partial charge in [-0.1, -0.05) is 26.7 Å². The molecular formula is C18H30N2O2. The summed E-state index contributed by atoms with van der Waals surface area (Å²) in [4.78, 5) is 11.7. The van der Waals surface area contributed by atoms with Crippen LogP contribution in [0.5, 0.6) is 0 Å². The van der Waals surface area contributed by atoms with E-state index in [1.165, 1.54) is 25.7 Å². The molecule has 0 heterocycles. The maximum Gasteiger partial charge on any atom is 0.412 e. The van der Waals surface area contributed by atoms with Crippen LogP contribution in [0.2, 0.25) is 0 Å². The number of carbonyl (C=O) groups is 1. The molecule has 0 aliphatic carbocycles. The van der Waals surface area contributed by atoms with Gasteiger partial charge in [0.05, 0.1) is 0 Å². The fraction of sp³-hybridized carbons (Fsp3) is 0.611. The largest absolute Gasteiger partial charge is 0.444 e. The third-order valence-corrected chi connectivity index (χ3v) is 3.18. The lowest BCUT2D eigenvalue weighted by Gasteiger charge is -2.20. The zero-order valence-electron chi connectivity index (χ0n) is 14.5. The lowest BCUT2D eigenvalue weighted by Crippen LogP contribution is -2.27. The van der Waals surface area contributed by atoms with Crippen molar-refractivity contribution in [3.05, 3.63) is 24.3 Å². The van der Waals surface area contributed by atoms with Crippen molar-refractivity contribution in [1.82, 2.24) is 0 Å². The van der Waals surface area contributed by atoms with Crippen molar-refractivity contribution < 1.29 is 9.53 Å². The first-order valence-corrected chi connectivity index (χ1v) is 8.20. The summed E-state index contributed by atoms with van der Waals surface area (Å²) in [7, 11) is 0. The average Bonchev–Trinajstić information content (AvgIpc) is 2.39. The van der Waals surface area contributed by atoms with E-state index in [0.29, 0.717) is 6.04 Å². The van der Waals surface area contributed by atoms with Crippen LogP contribution in [0.3, 0.4) is 0 Å². The van der Waals surface area contributed by atoms with Crippen LogP contribution in [-0.2, 0) is 4.74 Å². The molecule has 0 aliphatic heterocycles. The van der Waals surface area contributed by atoms with Crippen LogP contribution in [-0.4, -0.2) is 17.7 Å². The van der Waals surface area contributed by atoms with Crippen LogP contribution < -0.4 is 10.6 Å². The molecule has 1 aromatic carbocycles. The quantitative estimate of drug-likeness (QED) is 0.707. The highest BCUT2D eigenvalue weighted by atomic mass is 16.6. The lowest BCUT2D eigenvalue weighted by atomic mass is 10.1. The smallest absolute Gasteiger partial charge is 0.412 e. The topological polar surface area (TPSA) is 50.4 Å². The molecule has 1 amide bonds.